The minimum absolute atomic E-state index is 0.0122. The number of imide groups is 1. The summed E-state index contributed by atoms with van der Waals surface area (Å²) in [6, 6.07) is 13.4. The van der Waals surface area contributed by atoms with Crippen LogP contribution in [0.15, 0.2) is 48.5 Å². The summed E-state index contributed by atoms with van der Waals surface area (Å²) in [5.41, 5.74) is 1.20. The van der Waals surface area contributed by atoms with E-state index in [1.54, 1.807) is 18.2 Å². The number of likely N-dealkylation sites (tertiary alicyclic amines) is 1. The lowest BCUT2D eigenvalue weighted by Crippen LogP contribution is -2.73. The van der Waals surface area contributed by atoms with E-state index in [1.165, 1.54) is 6.07 Å². The Bertz CT molecular complexity index is 1010. The number of carbonyl (C=O) groups excluding carboxylic acids is 2. The molecule has 1 fully saturated rings. The summed E-state index contributed by atoms with van der Waals surface area (Å²) in [5, 5.41) is 12.5. The highest BCUT2D eigenvalue weighted by molar-refractivity contribution is 6.03. The number of rotatable bonds is 9. The molecule has 1 saturated heterocycles. The second kappa shape index (κ2) is 10.1. The Morgan fingerprint density at radius 1 is 1.09 bits per heavy atom. The van der Waals surface area contributed by atoms with Gasteiger partial charge in [-0.1, -0.05) is 69.2 Å². The number of hydrogen-bond acceptors (Lipinski definition) is 4. The minimum atomic E-state index is -1.13. The number of nitrogens with zero attached hydrogens (tertiary/aromatic N) is 1. The van der Waals surface area contributed by atoms with Crippen LogP contribution in [-0.2, 0) is 4.79 Å². The van der Waals surface area contributed by atoms with Crippen LogP contribution in [0.4, 0.5) is 4.79 Å². The smallest absolute Gasteiger partial charge is 0.339 e. The van der Waals surface area contributed by atoms with E-state index >= 15 is 0 Å². The van der Waals surface area contributed by atoms with E-state index in [1.807, 2.05) is 52.0 Å². The van der Waals surface area contributed by atoms with E-state index in [0.29, 0.717) is 12.8 Å². The van der Waals surface area contributed by atoms with Crippen molar-refractivity contribution in [3.05, 3.63) is 65.2 Å². The third kappa shape index (κ3) is 4.58. The Hall–Kier alpha value is -3.35. The molecule has 2 atom stereocenters. The summed E-state index contributed by atoms with van der Waals surface area (Å²) < 4.78 is 6.07. The zero-order chi connectivity index (χ0) is 24.2. The zero-order valence-electron chi connectivity index (χ0n) is 19.6. The van der Waals surface area contributed by atoms with Crippen LogP contribution in [-0.4, -0.2) is 34.1 Å². The van der Waals surface area contributed by atoms with Gasteiger partial charge in [-0.05, 0) is 43.9 Å². The summed E-state index contributed by atoms with van der Waals surface area (Å²) in [6.07, 6.45) is 1.63. The molecule has 0 saturated carbocycles. The van der Waals surface area contributed by atoms with Crippen LogP contribution in [0.1, 0.15) is 74.0 Å². The van der Waals surface area contributed by atoms with Crippen molar-refractivity contribution in [3.63, 3.8) is 0 Å². The van der Waals surface area contributed by atoms with Crippen LogP contribution in [0.25, 0.3) is 0 Å². The van der Waals surface area contributed by atoms with Crippen LogP contribution in [0.2, 0.25) is 0 Å². The highest BCUT2D eigenvalue weighted by Gasteiger charge is 2.63. The summed E-state index contributed by atoms with van der Waals surface area (Å²) >= 11 is 0. The predicted molar refractivity (Wildman–Crippen MR) is 125 cm³/mol. The van der Waals surface area contributed by atoms with Crippen molar-refractivity contribution in [2.45, 2.75) is 65.6 Å². The molecule has 1 heterocycles. The average molecular weight is 453 g/mol. The standard InChI is InChI=1S/C26H32N2O5/c1-5-10-20(18-15-13-17(4)14-16-18)27-25(32)28-23(31)26(6-2,7-3)24(28)33-21-12-9-8-11-19(21)22(29)30/h8-9,11-16,20,24H,5-7,10H2,1-4H3,(H,27,32)(H,29,30). The van der Waals surface area contributed by atoms with Crippen molar-refractivity contribution in [2.75, 3.05) is 0 Å². The fourth-order valence-corrected chi connectivity index (χ4v) is 4.39. The summed E-state index contributed by atoms with van der Waals surface area (Å²) in [6.45, 7) is 7.79. The van der Waals surface area contributed by atoms with Gasteiger partial charge in [-0.2, -0.15) is 0 Å². The van der Waals surface area contributed by atoms with Gasteiger partial charge < -0.3 is 15.2 Å². The van der Waals surface area contributed by atoms with Crippen LogP contribution in [0, 0.1) is 12.3 Å². The van der Waals surface area contributed by atoms with Gasteiger partial charge in [0, 0.05) is 0 Å². The molecule has 1 aliphatic heterocycles. The largest absolute Gasteiger partial charge is 0.478 e. The van der Waals surface area contributed by atoms with E-state index < -0.39 is 23.6 Å². The number of para-hydroxylation sites is 1. The van der Waals surface area contributed by atoms with Crippen LogP contribution < -0.4 is 10.1 Å². The highest BCUT2D eigenvalue weighted by atomic mass is 16.5. The number of urea groups is 1. The van der Waals surface area contributed by atoms with Crippen molar-refractivity contribution in [1.82, 2.24) is 10.2 Å². The second-order valence-electron chi connectivity index (χ2n) is 8.51. The first kappa shape index (κ1) is 24.3. The third-order valence-corrected chi connectivity index (χ3v) is 6.54. The number of carbonyl (C=O) groups is 3. The topological polar surface area (TPSA) is 95.9 Å². The number of aromatic carboxylic acids is 1. The van der Waals surface area contributed by atoms with Crippen molar-refractivity contribution < 1.29 is 24.2 Å². The molecule has 2 aromatic carbocycles. The molecule has 0 aliphatic carbocycles. The van der Waals surface area contributed by atoms with Gasteiger partial charge in [0.1, 0.15) is 16.7 Å². The molecule has 0 bridgehead atoms. The van der Waals surface area contributed by atoms with Gasteiger partial charge in [-0.25, -0.2) is 14.5 Å². The Morgan fingerprint density at radius 3 is 2.30 bits per heavy atom. The van der Waals surface area contributed by atoms with Crippen LogP contribution in [0.5, 0.6) is 5.75 Å². The fourth-order valence-electron chi connectivity index (χ4n) is 4.39. The molecular weight excluding hydrogens is 420 g/mol. The van der Waals surface area contributed by atoms with Gasteiger partial charge in [0.15, 0.2) is 6.23 Å². The number of nitrogens with one attached hydrogen (secondary N) is 1. The van der Waals surface area contributed by atoms with E-state index in [0.717, 1.165) is 28.9 Å². The predicted octanol–water partition coefficient (Wildman–Crippen LogP) is 5.30. The van der Waals surface area contributed by atoms with Crippen LogP contribution in [0.3, 0.4) is 0 Å². The number of hydrogen-bond donors (Lipinski definition) is 2. The van der Waals surface area contributed by atoms with Gasteiger partial charge in [0.2, 0.25) is 5.91 Å². The number of β-lactam (4-membered cyclic amide) rings is 1. The first-order valence-electron chi connectivity index (χ1n) is 11.5. The van der Waals surface area contributed by atoms with E-state index in [9.17, 15) is 19.5 Å². The molecule has 3 amide bonds. The summed E-state index contributed by atoms with van der Waals surface area (Å²) in [5.74, 6) is -1.30. The molecule has 2 aromatic rings. The number of carboxylic acids is 1. The van der Waals surface area contributed by atoms with E-state index in [4.69, 9.17) is 4.74 Å². The monoisotopic (exact) mass is 452 g/mol. The van der Waals surface area contributed by atoms with Crippen molar-refractivity contribution in [2.24, 2.45) is 5.41 Å². The van der Waals surface area contributed by atoms with Crippen molar-refractivity contribution in [1.29, 1.82) is 0 Å². The maximum atomic E-state index is 13.3. The maximum Gasteiger partial charge on any atom is 0.339 e. The Labute approximate surface area is 194 Å². The SMILES string of the molecule is CCCC(NC(=O)N1C(=O)C(CC)(CC)C1Oc1ccccc1C(=O)O)c1ccc(C)cc1. The second-order valence-corrected chi connectivity index (χ2v) is 8.51. The Balaban J connectivity index is 1.89. The zero-order valence-corrected chi connectivity index (χ0v) is 19.6. The first-order valence-corrected chi connectivity index (χ1v) is 11.5. The molecule has 2 N–H and O–H groups in total. The lowest BCUT2D eigenvalue weighted by Gasteiger charge is -2.53. The molecule has 1 aliphatic rings. The number of benzene rings is 2. The number of amides is 3. The van der Waals surface area contributed by atoms with Gasteiger partial charge in [0.05, 0.1) is 6.04 Å². The molecule has 0 spiro atoms. The quantitative estimate of drug-likeness (QED) is 0.504. The number of carboxylic acid groups (broad SMARTS) is 1. The van der Waals surface area contributed by atoms with Gasteiger partial charge in [-0.3, -0.25) is 4.79 Å². The lowest BCUT2D eigenvalue weighted by molar-refractivity contribution is -0.191. The molecule has 7 heteroatoms. The molecule has 3 rings (SSSR count). The van der Waals surface area contributed by atoms with Crippen molar-refractivity contribution in [3.8, 4) is 5.75 Å². The molecular formula is C26H32N2O5. The number of ether oxygens (including phenoxy) is 1. The van der Waals surface area contributed by atoms with Crippen molar-refractivity contribution >= 4 is 17.9 Å². The number of aryl methyl sites for hydroxylation is 1. The molecule has 0 radical (unpaired) electrons. The fraction of sp³-hybridized carbons (Fsp3) is 0.423. The Kier molecular flexibility index (Phi) is 7.41. The molecule has 176 valence electrons. The first-order chi connectivity index (χ1) is 15.8. The molecule has 0 aromatic heterocycles. The van der Waals surface area contributed by atoms with Gasteiger partial charge >= 0.3 is 12.0 Å². The summed E-state index contributed by atoms with van der Waals surface area (Å²) in [4.78, 5) is 39.2. The average Bonchev–Trinajstić information content (AvgIpc) is 2.80. The molecule has 7 nitrogen and oxygen atoms in total. The highest BCUT2D eigenvalue weighted by Crippen LogP contribution is 2.46. The molecule has 2 unspecified atom stereocenters. The maximum absolute atomic E-state index is 13.3. The van der Waals surface area contributed by atoms with Gasteiger partial charge in [-0.15, -0.1) is 0 Å². The third-order valence-electron chi connectivity index (χ3n) is 6.54. The minimum Gasteiger partial charge on any atom is -0.478 e. The summed E-state index contributed by atoms with van der Waals surface area (Å²) in [7, 11) is 0. The Morgan fingerprint density at radius 2 is 1.73 bits per heavy atom. The lowest BCUT2D eigenvalue weighted by atomic mass is 9.72. The van der Waals surface area contributed by atoms with Gasteiger partial charge in [0.25, 0.3) is 0 Å². The molecule has 33 heavy (non-hydrogen) atoms. The van der Waals surface area contributed by atoms with E-state index in [-0.39, 0.29) is 23.3 Å². The van der Waals surface area contributed by atoms with Crippen LogP contribution >= 0.6 is 0 Å². The normalized spacial score (nSPS) is 17.8. The van der Waals surface area contributed by atoms with E-state index in [2.05, 4.69) is 5.32 Å².